The summed E-state index contributed by atoms with van der Waals surface area (Å²) in [4.78, 5) is 17.1. The van der Waals surface area contributed by atoms with Crippen LogP contribution < -0.4 is 5.32 Å². The number of nitrogens with zero attached hydrogens (tertiary/aromatic N) is 2. The topological polar surface area (TPSA) is 46.9 Å². The van der Waals surface area contributed by atoms with E-state index in [9.17, 15) is 4.79 Å². The van der Waals surface area contributed by atoms with Crippen molar-refractivity contribution in [2.45, 2.75) is 39.7 Å². The van der Waals surface area contributed by atoms with E-state index in [1.165, 1.54) is 5.52 Å². The second kappa shape index (κ2) is 9.05. The molecule has 3 aromatic rings. The molecular weight excluding hydrogens is 358 g/mol. The minimum Gasteiger partial charge on any atom is -0.352 e. The van der Waals surface area contributed by atoms with Crippen LogP contribution in [-0.2, 0) is 13.0 Å². The highest BCUT2D eigenvalue weighted by atomic mass is 35.5. The maximum absolute atomic E-state index is 12.3. The Morgan fingerprint density at radius 3 is 2.70 bits per heavy atom. The Kier molecular flexibility index (Phi) is 6.51. The summed E-state index contributed by atoms with van der Waals surface area (Å²) in [6, 6.07) is 15.4. The smallest absolute Gasteiger partial charge is 0.252 e. The van der Waals surface area contributed by atoms with Gasteiger partial charge in [0.2, 0.25) is 0 Å². The van der Waals surface area contributed by atoms with Crippen molar-refractivity contribution in [3.63, 3.8) is 0 Å². The van der Waals surface area contributed by atoms with E-state index in [1.807, 2.05) is 18.2 Å². The molecule has 0 spiro atoms. The quantitative estimate of drug-likeness (QED) is 0.550. The summed E-state index contributed by atoms with van der Waals surface area (Å²) in [7, 11) is 0. The van der Waals surface area contributed by atoms with Crippen LogP contribution >= 0.6 is 11.6 Å². The lowest BCUT2D eigenvalue weighted by Crippen LogP contribution is -2.25. The zero-order valence-electron chi connectivity index (χ0n) is 15.9. The first-order valence-corrected chi connectivity index (χ1v) is 9.94. The van der Waals surface area contributed by atoms with Crippen molar-refractivity contribution in [3.05, 3.63) is 64.9 Å². The predicted octanol–water partition coefficient (Wildman–Crippen LogP) is 5.10. The van der Waals surface area contributed by atoms with Gasteiger partial charge < -0.3 is 9.88 Å². The fraction of sp³-hybridized carbons (Fsp3) is 0.364. The van der Waals surface area contributed by atoms with Crippen LogP contribution in [0, 0.1) is 5.92 Å². The van der Waals surface area contributed by atoms with Gasteiger partial charge in [0.25, 0.3) is 5.91 Å². The second-order valence-electron chi connectivity index (χ2n) is 6.98. The van der Waals surface area contributed by atoms with Crippen molar-refractivity contribution < 1.29 is 4.79 Å². The summed E-state index contributed by atoms with van der Waals surface area (Å²) >= 11 is 6.08. The number of benzene rings is 2. The summed E-state index contributed by atoms with van der Waals surface area (Å²) in [5.74, 6) is 1.55. The van der Waals surface area contributed by atoms with E-state index in [2.05, 4.69) is 41.9 Å². The summed E-state index contributed by atoms with van der Waals surface area (Å²) in [5.41, 5.74) is 2.74. The molecule has 5 heteroatoms. The van der Waals surface area contributed by atoms with Crippen LogP contribution in [0.4, 0.5) is 0 Å². The number of aryl methyl sites for hydroxylation is 1. The molecule has 0 radical (unpaired) electrons. The highest BCUT2D eigenvalue weighted by Crippen LogP contribution is 2.20. The first-order valence-electron chi connectivity index (χ1n) is 9.57. The van der Waals surface area contributed by atoms with E-state index >= 15 is 0 Å². The third kappa shape index (κ3) is 4.69. The summed E-state index contributed by atoms with van der Waals surface area (Å²) in [5, 5.41) is 3.43. The number of nitrogens with one attached hydrogen (secondary N) is 1. The van der Waals surface area contributed by atoms with E-state index in [-0.39, 0.29) is 5.91 Å². The van der Waals surface area contributed by atoms with Crippen molar-refractivity contribution in [2.75, 3.05) is 6.54 Å². The third-order valence-corrected chi connectivity index (χ3v) is 5.24. The molecule has 0 bridgehead atoms. The minimum atomic E-state index is -0.131. The third-order valence-electron chi connectivity index (χ3n) is 4.91. The van der Waals surface area contributed by atoms with Crippen molar-refractivity contribution in [1.29, 1.82) is 0 Å². The minimum absolute atomic E-state index is 0.131. The number of imidazole rings is 1. The molecule has 0 saturated heterocycles. The molecule has 27 heavy (non-hydrogen) atoms. The van der Waals surface area contributed by atoms with Gasteiger partial charge in [-0.1, -0.05) is 56.1 Å². The predicted molar refractivity (Wildman–Crippen MR) is 111 cm³/mol. The maximum Gasteiger partial charge on any atom is 0.252 e. The number of carbonyl (C=O) groups is 1. The molecule has 1 unspecified atom stereocenters. The molecule has 0 aliphatic heterocycles. The standard InChI is InChI=1S/C22H26ClN3O/c1-3-16(2)15-26-20-12-7-6-11-19(20)25-21(26)13-8-14-24-22(27)17-9-4-5-10-18(17)23/h4-7,9-12,16H,3,8,13-15H2,1-2H3,(H,24,27). The summed E-state index contributed by atoms with van der Waals surface area (Å²) < 4.78 is 2.33. The fourth-order valence-corrected chi connectivity index (χ4v) is 3.37. The molecule has 0 aliphatic carbocycles. The Labute approximate surface area is 165 Å². The van der Waals surface area contributed by atoms with Crippen molar-refractivity contribution in [2.24, 2.45) is 5.92 Å². The zero-order valence-corrected chi connectivity index (χ0v) is 16.7. The zero-order chi connectivity index (χ0) is 19.2. The van der Waals surface area contributed by atoms with Crippen LogP contribution in [0.15, 0.2) is 48.5 Å². The average Bonchev–Trinajstić information content (AvgIpc) is 3.02. The Hall–Kier alpha value is -2.33. The normalized spacial score (nSPS) is 12.3. The summed E-state index contributed by atoms with van der Waals surface area (Å²) in [6.07, 6.45) is 2.80. The van der Waals surface area contributed by atoms with Gasteiger partial charge in [0.05, 0.1) is 21.6 Å². The van der Waals surface area contributed by atoms with Gasteiger partial charge in [-0.05, 0) is 36.6 Å². The number of aromatic nitrogens is 2. The molecule has 1 atom stereocenters. The molecule has 0 saturated carbocycles. The van der Waals surface area contributed by atoms with Gasteiger partial charge in [0.1, 0.15) is 5.82 Å². The molecular formula is C22H26ClN3O. The van der Waals surface area contributed by atoms with Gasteiger partial charge in [0.15, 0.2) is 0 Å². The van der Waals surface area contributed by atoms with Crippen molar-refractivity contribution >= 4 is 28.5 Å². The maximum atomic E-state index is 12.3. The molecule has 3 rings (SSSR count). The number of halogens is 1. The number of para-hydroxylation sites is 2. The number of hydrogen-bond donors (Lipinski definition) is 1. The molecule has 2 aromatic carbocycles. The number of rotatable bonds is 8. The van der Waals surface area contributed by atoms with Crippen molar-refractivity contribution in [3.8, 4) is 0 Å². The number of hydrogen-bond acceptors (Lipinski definition) is 2. The van der Waals surface area contributed by atoms with Crippen LogP contribution in [-0.4, -0.2) is 22.0 Å². The number of amides is 1. The highest BCUT2D eigenvalue weighted by Gasteiger charge is 2.13. The fourth-order valence-electron chi connectivity index (χ4n) is 3.15. The lowest BCUT2D eigenvalue weighted by molar-refractivity contribution is 0.0953. The first-order chi connectivity index (χ1) is 13.1. The molecule has 0 aliphatic rings. The Balaban J connectivity index is 1.64. The Morgan fingerprint density at radius 1 is 1.19 bits per heavy atom. The molecule has 0 fully saturated rings. The van der Waals surface area contributed by atoms with Crippen molar-refractivity contribution in [1.82, 2.24) is 14.9 Å². The Morgan fingerprint density at radius 2 is 1.93 bits per heavy atom. The molecule has 142 valence electrons. The number of carbonyl (C=O) groups excluding carboxylic acids is 1. The monoisotopic (exact) mass is 383 g/mol. The van der Waals surface area contributed by atoms with Crippen LogP contribution in [0.1, 0.15) is 42.9 Å². The van der Waals surface area contributed by atoms with Gasteiger partial charge in [0, 0.05) is 19.5 Å². The van der Waals surface area contributed by atoms with E-state index < -0.39 is 0 Å². The molecule has 1 aromatic heterocycles. The lowest BCUT2D eigenvalue weighted by Gasteiger charge is -2.14. The average molecular weight is 384 g/mol. The van der Waals surface area contributed by atoms with Crippen LogP contribution in [0.3, 0.4) is 0 Å². The number of fused-ring (bicyclic) bond motifs is 1. The van der Waals surface area contributed by atoms with Crippen LogP contribution in [0.25, 0.3) is 11.0 Å². The van der Waals surface area contributed by atoms with Crippen LogP contribution in [0.2, 0.25) is 5.02 Å². The van der Waals surface area contributed by atoms with Gasteiger partial charge in [-0.25, -0.2) is 4.98 Å². The van der Waals surface area contributed by atoms with Crippen LogP contribution in [0.5, 0.6) is 0 Å². The Bertz CT molecular complexity index is 919. The highest BCUT2D eigenvalue weighted by molar-refractivity contribution is 6.33. The van der Waals surface area contributed by atoms with E-state index in [1.54, 1.807) is 12.1 Å². The van der Waals surface area contributed by atoms with E-state index in [0.29, 0.717) is 23.0 Å². The second-order valence-corrected chi connectivity index (χ2v) is 7.39. The molecule has 1 N–H and O–H groups in total. The molecule has 4 nitrogen and oxygen atoms in total. The largest absolute Gasteiger partial charge is 0.352 e. The van der Waals surface area contributed by atoms with E-state index in [0.717, 1.165) is 37.1 Å². The SMILES string of the molecule is CCC(C)Cn1c(CCCNC(=O)c2ccccc2Cl)nc2ccccc21. The van der Waals surface area contributed by atoms with Gasteiger partial charge in [-0.3, -0.25) is 4.79 Å². The van der Waals surface area contributed by atoms with Gasteiger partial charge >= 0.3 is 0 Å². The summed E-state index contributed by atoms with van der Waals surface area (Å²) in [6.45, 7) is 6.05. The van der Waals surface area contributed by atoms with E-state index in [4.69, 9.17) is 16.6 Å². The lowest BCUT2D eigenvalue weighted by atomic mass is 10.1. The molecule has 1 heterocycles. The van der Waals surface area contributed by atoms with Gasteiger partial charge in [-0.2, -0.15) is 0 Å². The first kappa shape index (κ1) is 19.4. The molecule has 1 amide bonds. The van der Waals surface area contributed by atoms with Gasteiger partial charge in [-0.15, -0.1) is 0 Å².